The molecule has 0 aliphatic rings. The number of aromatic nitrogens is 2. The van der Waals surface area contributed by atoms with E-state index in [4.69, 9.17) is 33.9 Å². The third kappa shape index (κ3) is 3.81. The maximum Gasteiger partial charge on any atom is 0.231 e. The molecule has 0 bridgehead atoms. The molecule has 0 unspecified atom stereocenters. The fourth-order valence-corrected chi connectivity index (χ4v) is 1.43. The molecule has 8 nitrogen and oxygen atoms in total. The van der Waals surface area contributed by atoms with Crippen molar-refractivity contribution in [3.05, 3.63) is 17.5 Å². The first-order valence-electron chi connectivity index (χ1n) is 5.38. The molecule has 0 saturated carbocycles. The largest absolute Gasteiger partial charge is 0.389 e. The van der Waals surface area contributed by atoms with Crippen LogP contribution >= 0.6 is 11.6 Å². The van der Waals surface area contributed by atoms with Crippen LogP contribution in [-0.2, 0) is 0 Å². The van der Waals surface area contributed by atoms with Gasteiger partial charge in [0.25, 0.3) is 0 Å². The molecule has 1 rings (SSSR count). The van der Waals surface area contributed by atoms with Gasteiger partial charge in [0.15, 0.2) is 0 Å². The lowest BCUT2D eigenvalue weighted by Crippen LogP contribution is -2.14. The van der Waals surface area contributed by atoms with Gasteiger partial charge < -0.3 is 27.5 Å². The molecule has 0 saturated heterocycles. The number of nitrogens with one attached hydrogen (secondary N) is 4. The van der Waals surface area contributed by atoms with Gasteiger partial charge in [0, 0.05) is 19.0 Å². The molecule has 9 heteroatoms. The van der Waals surface area contributed by atoms with Crippen molar-refractivity contribution >= 4 is 40.6 Å². The van der Waals surface area contributed by atoms with Gasteiger partial charge in [0.05, 0.1) is 11.3 Å². The number of nitrogen functional groups attached to an aromatic ring is 2. The van der Waals surface area contributed by atoms with Gasteiger partial charge in [-0.3, -0.25) is 5.41 Å². The number of halogens is 1. The Labute approximate surface area is 115 Å². The van der Waals surface area contributed by atoms with Crippen molar-refractivity contribution < 1.29 is 0 Å². The summed E-state index contributed by atoms with van der Waals surface area (Å²) in [6.45, 7) is 2.64. The predicted octanol–water partition coefficient (Wildman–Crippen LogP) is 0.718. The molecular formula is C10H15ClN8. The summed E-state index contributed by atoms with van der Waals surface area (Å²) >= 11 is 5.53. The zero-order valence-corrected chi connectivity index (χ0v) is 11.0. The Balaban J connectivity index is 3.04. The van der Waals surface area contributed by atoms with Crippen molar-refractivity contribution in [2.45, 2.75) is 6.92 Å². The fraction of sp³-hybridized carbons (Fsp3) is 0.200. The Kier molecular flexibility index (Phi) is 5.07. The summed E-state index contributed by atoms with van der Waals surface area (Å²) in [6, 6.07) is 0. The first-order valence-corrected chi connectivity index (χ1v) is 5.75. The number of nitrogens with two attached hydrogens (primary N) is 2. The Bertz CT molecular complexity index is 501. The van der Waals surface area contributed by atoms with Gasteiger partial charge in [-0.2, -0.15) is 9.97 Å². The summed E-state index contributed by atoms with van der Waals surface area (Å²) in [5, 5.41) is 19.9. The molecule has 1 heterocycles. The SMILES string of the molecule is CCN/C=C(\C=N)Nc1nc(N)c(C(=N)Cl)c(N)n1. The van der Waals surface area contributed by atoms with Crippen LogP contribution in [0.3, 0.4) is 0 Å². The average Bonchev–Trinajstić information content (AvgIpc) is 2.33. The van der Waals surface area contributed by atoms with E-state index in [-0.39, 0.29) is 28.3 Å². The number of rotatable bonds is 6. The summed E-state index contributed by atoms with van der Waals surface area (Å²) in [7, 11) is 0. The van der Waals surface area contributed by atoms with Crippen molar-refractivity contribution in [1.82, 2.24) is 15.3 Å². The standard InChI is InChI=1S/C10H15ClN8/c1-2-16-4-5(3-12)17-10-18-8(14)6(7(11)13)9(15)19-10/h3-4,12-13,16H,2H2,1H3,(H5,14,15,17,18,19)/b5-4+,12-3?,13-7?. The first kappa shape index (κ1) is 14.7. The van der Waals surface area contributed by atoms with Crippen LogP contribution in [0.1, 0.15) is 12.5 Å². The van der Waals surface area contributed by atoms with Crippen molar-refractivity contribution in [1.29, 1.82) is 10.8 Å². The summed E-state index contributed by atoms with van der Waals surface area (Å²) in [4.78, 5) is 7.86. The molecule has 1 aromatic rings. The minimum Gasteiger partial charge on any atom is -0.389 e. The van der Waals surface area contributed by atoms with Gasteiger partial charge in [-0.15, -0.1) is 0 Å². The van der Waals surface area contributed by atoms with E-state index in [1.807, 2.05) is 6.92 Å². The molecular weight excluding hydrogens is 268 g/mol. The van der Waals surface area contributed by atoms with Crippen molar-refractivity contribution in [2.75, 3.05) is 23.3 Å². The van der Waals surface area contributed by atoms with Crippen LogP contribution in [0.4, 0.5) is 17.6 Å². The second kappa shape index (κ2) is 6.55. The van der Waals surface area contributed by atoms with Crippen LogP contribution in [0, 0.1) is 10.8 Å². The van der Waals surface area contributed by atoms with E-state index in [9.17, 15) is 0 Å². The van der Waals surface area contributed by atoms with E-state index in [0.29, 0.717) is 12.2 Å². The highest BCUT2D eigenvalue weighted by molar-refractivity contribution is 6.69. The van der Waals surface area contributed by atoms with Gasteiger partial charge >= 0.3 is 0 Å². The van der Waals surface area contributed by atoms with Crippen LogP contribution in [0.25, 0.3) is 0 Å². The Morgan fingerprint density at radius 1 is 1.37 bits per heavy atom. The molecule has 0 aromatic carbocycles. The minimum absolute atomic E-state index is 0.00258. The van der Waals surface area contributed by atoms with Crippen molar-refractivity contribution in [3.63, 3.8) is 0 Å². The van der Waals surface area contributed by atoms with E-state index >= 15 is 0 Å². The Morgan fingerprint density at radius 3 is 2.37 bits per heavy atom. The van der Waals surface area contributed by atoms with E-state index in [2.05, 4.69) is 20.6 Å². The normalized spacial score (nSPS) is 10.9. The molecule has 102 valence electrons. The van der Waals surface area contributed by atoms with Gasteiger partial charge in [0.2, 0.25) is 5.95 Å². The van der Waals surface area contributed by atoms with Gasteiger partial charge in [-0.05, 0) is 6.92 Å². The topological polar surface area (TPSA) is 150 Å². The smallest absolute Gasteiger partial charge is 0.231 e. The Morgan fingerprint density at radius 2 is 1.95 bits per heavy atom. The number of hydrogen-bond donors (Lipinski definition) is 6. The minimum atomic E-state index is -0.322. The van der Waals surface area contributed by atoms with Crippen molar-refractivity contribution in [2.24, 2.45) is 0 Å². The highest BCUT2D eigenvalue weighted by atomic mass is 35.5. The first-order chi connectivity index (χ1) is 8.99. The maximum absolute atomic E-state index is 7.30. The van der Waals surface area contributed by atoms with E-state index in [1.54, 1.807) is 6.20 Å². The molecule has 0 radical (unpaired) electrons. The second-order valence-corrected chi connectivity index (χ2v) is 3.81. The zero-order chi connectivity index (χ0) is 14.4. The lowest BCUT2D eigenvalue weighted by molar-refractivity contribution is 0.913. The molecule has 0 aliphatic carbocycles. The average molecular weight is 283 g/mol. The highest BCUT2D eigenvalue weighted by Crippen LogP contribution is 2.20. The monoisotopic (exact) mass is 282 g/mol. The van der Waals surface area contributed by atoms with E-state index in [0.717, 1.165) is 6.21 Å². The quantitative estimate of drug-likeness (QED) is 0.423. The third-order valence-electron chi connectivity index (χ3n) is 2.06. The number of allylic oxidation sites excluding steroid dienone is 1. The predicted molar refractivity (Wildman–Crippen MR) is 77.7 cm³/mol. The molecule has 8 N–H and O–H groups in total. The summed E-state index contributed by atoms with van der Waals surface area (Å²) in [5.41, 5.74) is 11.8. The highest BCUT2D eigenvalue weighted by Gasteiger charge is 2.13. The maximum atomic E-state index is 7.30. The number of nitrogens with zero attached hydrogens (tertiary/aromatic N) is 2. The molecule has 19 heavy (non-hydrogen) atoms. The molecule has 0 amide bonds. The van der Waals surface area contributed by atoms with Gasteiger partial charge in [0.1, 0.15) is 16.8 Å². The number of anilines is 3. The summed E-state index contributed by atoms with van der Waals surface area (Å²) in [6.07, 6.45) is 2.69. The third-order valence-corrected chi connectivity index (χ3v) is 2.25. The summed E-state index contributed by atoms with van der Waals surface area (Å²) < 4.78 is 0. The fourth-order valence-electron chi connectivity index (χ4n) is 1.23. The van der Waals surface area contributed by atoms with Crippen LogP contribution in [0.15, 0.2) is 11.9 Å². The molecule has 0 fully saturated rings. The molecule has 0 aliphatic heterocycles. The van der Waals surface area contributed by atoms with E-state index < -0.39 is 0 Å². The van der Waals surface area contributed by atoms with Gasteiger partial charge in [-0.25, -0.2) is 0 Å². The molecule has 0 spiro atoms. The molecule has 0 atom stereocenters. The zero-order valence-electron chi connectivity index (χ0n) is 10.3. The van der Waals surface area contributed by atoms with Crippen LogP contribution < -0.4 is 22.1 Å². The summed E-state index contributed by atoms with van der Waals surface area (Å²) in [5.74, 6) is 0.134. The van der Waals surface area contributed by atoms with Gasteiger partial charge in [-0.1, -0.05) is 11.6 Å². The molecule has 1 aromatic heterocycles. The van der Waals surface area contributed by atoms with Crippen LogP contribution in [-0.4, -0.2) is 27.9 Å². The van der Waals surface area contributed by atoms with Crippen molar-refractivity contribution in [3.8, 4) is 0 Å². The van der Waals surface area contributed by atoms with Crippen LogP contribution in [0.5, 0.6) is 0 Å². The number of hydrogen-bond acceptors (Lipinski definition) is 8. The Hall–Kier alpha value is -2.35. The lowest BCUT2D eigenvalue weighted by atomic mass is 10.3. The van der Waals surface area contributed by atoms with E-state index in [1.165, 1.54) is 0 Å². The lowest BCUT2D eigenvalue weighted by Gasteiger charge is -2.10. The second-order valence-electron chi connectivity index (χ2n) is 3.43. The van der Waals surface area contributed by atoms with Crippen LogP contribution in [0.2, 0.25) is 0 Å².